The molecule has 0 atom stereocenters. The van der Waals surface area contributed by atoms with E-state index < -0.39 is 33.0 Å². The zero-order chi connectivity index (χ0) is 20.7. The molecule has 0 spiro atoms. The Hall–Kier alpha value is -3.15. The van der Waals surface area contributed by atoms with E-state index in [9.17, 15) is 26.0 Å². The molecule has 0 saturated carbocycles. The van der Waals surface area contributed by atoms with Gasteiger partial charge in [-0.2, -0.15) is 18.2 Å². The number of hydrogen-bond acceptors (Lipinski definition) is 6. The van der Waals surface area contributed by atoms with Gasteiger partial charge in [0.1, 0.15) is 5.82 Å². The maximum absolute atomic E-state index is 14.6. The Morgan fingerprint density at radius 1 is 1.14 bits per heavy atom. The van der Waals surface area contributed by atoms with Gasteiger partial charge in [-0.1, -0.05) is 12.1 Å². The first-order valence-corrected chi connectivity index (χ1v) is 9.50. The number of rotatable bonds is 4. The van der Waals surface area contributed by atoms with Gasteiger partial charge in [-0.15, -0.1) is 5.10 Å². The van der Waals surface area contributed by atoms with Crippen LogP contribution in [0.2, 0.25) is 0 Å². The fourth-order valence-corrected chi connectivity index (χ4v) is 3.16. The molecule has 148 valence electrons. The average Bonchev–Trinajstić information content (AvgIpc) is 2.98. The highest BCUT2D eigenvalue weighted by Gasteiger charge is 2.36. The van der Waals surface area contributed by atoms with E-state index in [2.05, 4.69) is 20.5 Å². The Morgan fingerprint density at radius 2 is 1.79 bits per heavy atom. The maximum Gasteiger partial charge on any atom is 0.417 e. The average molecular weight is 415 g/mol. The first-order valence-electron chi connectivity index (χ1n) is 7.61. The summed E-state index contributed by atoms with van der Waals surface area (Å²) in [7, 11) is -3.54. The molecule has 0 bridgehead atoms. The summed E-state index contributed by atoms with van der Waals surface area (Å²) < 4.78 is 78.3. The van der Waals surface area contributed by atoms with Gasteiger partial charge in [0.2, 0.25) is 11.9 Å². The Labute approximate surface area is 156 Å². The van der Waals surface area contributed by atoms with Crippen molar-refractivity contribution in [2.45, 2.75) is 11.1 Å². The number of aromatic amines is 1. The Bertz CT molecular complexity index is 1120. The lowest BCUT2D eigenvalue weighted by molar-refractivity contribution is -0.137. The number of sulfone groups is 1. The number of nitrogens with zero attached hydrogens (tertiary/aromatic N) is 2. The monoisotopic (exact) mass is 415 g/mol. The van der Waals surface area contributed by atoms with Crippen LogP contribution in [0.5, 0.6) is 0 Å². The van der Waals surface area contributed by atoms with Crippen molar-refractivity contribution in [1.82, 2.24) is 15.2 Å². The van der Waals surface area contributed by atoms with Crippen LogP contribution in [0.3, 0.4) is 0 Å². The van der Waals surface area contributed by atoms with Crippen molar-refractivity contribution in [3.63, 3.8) is 0 Å². The van der Waals surface area contributed by atoms with E-state index in [1.54, 1.807) is 0 Å². The van der Waals surface area contributed by atoms with E-state index in [1.807, 2.05) is 0 Å². The Balaban J connectivity index is 2.10. The molecule has 12 heteroatoms. The first kappa shape index (κ1) is 19.6. The van der Waals surface area contributed by atoms with Gasteiger partial charge in [-0.05, 0) is 29.8 Å². The van der Waals surface area contributed by atoms with Crippen LogP contribution in [0.1, 0.15) is 5.56 Å². The van der Waals surface area contributed by atoms with E-state index in [1.165, 1.54) is 0 Å². The predicted molar refractivity (Wildman–Crippen MR) is 94.0 cm³/mol. The predicted octanol–water partition coefficient (Wildman–Crippen LogP) is 3.36. The number of alkyl halides is 3. The minimum absolute atomic E-state index is 0.0599. The van der Waals surface area contributed by atoms with Gasteiger partial charge < -0.3 is 11.1 Å². The lowest BCUT2D eigenvalue weighted by Gasteiger charge is -2.16. The molecule has 2 aromatic carbocycles. The van der Waals surface area contributed by atoms with Crippen LogP contribution in [-0.2, 0) is 16.0 Å². The summed E-state index contributed by atoms with van der Waals surface area (Å²) in [5, 5.41) is 8.31. The fourth-order valence-electron chi connectivity index (χ4n) is 2.53. The van der Waals surface area contributed by atoms with Gasteiger partial charge in [0.25, 0.3) is 0 Å². The third-order valence-electron chi connectivity index (χ3n) is 3.73. The van der Waals surface area contributed by atoms with Gasteiger partial charge in [0, 0.05) is 17.5 Å². The number of halogens is 4. The topological polar surface area (TPSA) is 114 Å². The summed E-state index contributed by atoms with van der Waals surface area (Å²) >= 11 is 0. The van der Waals surface area contributed by atoms with Crippen LogP contribution >= 0.6 is 0 Å². The van der Waals surface area contributed by atoms with Gasteiger partial charge >= 0.3 is 6.18 Å². The molecule has 3 aromatic rings. The molecule has 0 unspecified atom stereocenters. The molecule has 0 aliphatic rings. The molecule has 7 nitrogen and oxygen atoms in total. The smallest absolute Gasteiger partial charge is 0.366 e. The van der Waals surface area contributed by atoms with Crippen molar-refractivity contribution in [1.29, 1.82) is 0 Å². The first-order chi connectivity index (χ1) is 12.9. The molecule has 0 amide bonds. The zero-order valence-electron chi connectivity index (χ0n) is 14.2. The summed E-state index contributed by atoms with van der Waals surface area (Å²) in [6.45, 7) is 0. The summed E-state index contributed by atoms with van der Waals surface area (Å²) in [4.78, 5) is 3.59. The van der Waals surface area contributed by atoms with Crippen molar-refractivity contribution in [2.24, 2.45) is 0 Å². The number of benzene rings is 2. The molecular weight excluding hydrogens is 402 g/mol. The molecule has 28 heavy (non-hydrogen) atoms. The lowest BCUT2D eigenvalue weighted by Crippen LogP contribution is -2.10. The molecule has 1 heterocycles. The molecule has 0 radical (unpaired) electrons. The van der Waals surface area contributed by atoms with Crippen LogP contribution in [-0.4, -0.2) is 29.9 Å². The molecular formula is C16H13F4N5O2S. The summed E-state index contributed by atoms with van der Waals surface area (Å²) in [6.07, 6.45) is -3.91. The number of H-pyrrole nitrogens is 1. The lowest BCUT2D eigenvalue weighted by atomic mass is 9.98. The van der Waals surface area contributed by atoms with E-state index in [-0.39, 0.29) is 28.0 Å². The van der Waals surface area contributed by atoms with Crippen molar-refractivity contribution in [2.75, 3.05) is 17.3 Å². The van der Waals surface area contributed by atoms with Crippen LogP contribution in [0, 0.1) is 5.82 Å². The van der Waals surface area contributed by atoms with Gasteiger partial charge in [-0.25, -0.2) is 17.9 Å². The summed E-state index contributed by atoms with van der Waals surface area (Å²) in [5.41, 5.74) is 3.03. The largest absolute Gasteiger partial charge is 0.417 e. The second-order valence-corrected chi connectivity index (χ2v) is 7.86. The van der Waals surface area contributed by atoms with E-state index in [0.29, 0.717) is 6.07 Å². The van der Waals surface area contributed by atoms with Crippen molar-refractivity contribution < 1.29 is 26.0 Å². The van der Waals surface area contributed by atoms with Crippen molar-refractivity contribution >= 4 is 27.4 Å². The van der Waals surface area contributed by atoms with Gasteiger partial charge in [0.15, 0.2) is 9.84 Å². The number of nitrogens with two attached hydrogens (primary N) is 1. The number of hydrogen-bond donors (Lipinski definition) is 3. The number of anilines is 3. The molecule has 0 aliphatic carbocycles. The minimum atomic E-state index is -4.87. The number of nitrogen functional groups attached to an aromatic ring is 1. The van der Waals surface area contributed by atoms with Gasteiger partial charge in [-0.3, -0.25) is 0 Å². The molecule has 0 saturated heterocycles. The molecule has 4 N–H and O–H groups in total. The second kappa shape index (κ2) is 6.78. The van der Waals surface area contributed by atoms with Crippen LogP contribution < -0.4 is 11.1 Å². The SMILES string of the molecule is CS(=O)(=O)c1ccc(-c2c(F)cc(Nc3nc(N)n[nH]3)cc2C(F)(F)F)cc1. The molecule has 3 rings (SSSR count). The standard InChI is InChI=1S/C16H13F4N5O2S/c1-28(26,27)10-4-2-8(3-5-10)13-11(16(18,19)20)6-9(7-12(13)17)22-15-23-14(21)24-25-15/h2-7H,1H3,(H4,21,22,23,24,25). The highest BCUT2D eigenvalue weighted by molar-refractivity contribution is 7.90. The quantitative estimate of drug-likeness (QED) is 0.563. The van der Waals surface area contributed by atoms with E-state index >= 15 is 0 Å². The van der Waals surface area contributed by atoms with Crippen LogP contribution in [0.15, 0.2) is 41.3 Å². The normalized spacial score (nSPS) is 12.2. The third-order valence-corrected chi connectivity index (χ3v) is 4.86. The fraction of sp³-hybridized carbons (Fsp3) is 0.125. The zero-order valence-corrected chi connectivity index (χ0v) is 15.0. The molecule has 0 aliphatic heterocycles. The molecule has 0 fully saturated rings. The number of aromatic nitrogens is 3. The Kier molecular flexibility index (Phi) is 4.75. The third kappa shape index (κ3) is 4.06. The molecule has 1 aromatic heterocycles. The summed E-state index contributed by atoms with van der Waals surface area (Å²) in [6, 6.07) is 6.04. The van der Waals surface area contributed by atoms with E-state index in [0.717, 1.165) is 36.6 Å². The highest BCUT2D eigenvalue weighted by Crippen LogP contribution is 2.40. The maximum atomic E-state index is 14.6. The van der Waals surface area contributed by atoms with E-state index in [4.69, 9.17) is 5.73 Å². The van der Waals surface area contributed by atoms with Crippen LogP contribution in [0.25, 0.3) is 11.1 Å². The highest BCUT2D eigenvalue weighted by atomic mass is 32.2. The van der Waals surface area contributed by atoms with Crippen LogP contribution in [0.4, 0.5) is 35.1 Å². The second-order valence-electron chi connectivity index (χ2n) is 5.84. The summed E-state index contributed by atoms with van der Waals surface area (Å²) in [5.74, 6) is -1.35. The van der Waals surface area contributed by atoms with Crippen molar-refractivity contribution in [3.8, 4) is 11.1 Å². The number of nitrogens with one attached hydrogen (secondary N) is 2. The Morgan fingerprint density at radius 3 is 2.29 bits per heavy atom. The minimum Gasteiger partial charge on any atom is -0.366 e. The van der Waals surface area contributed by atoms with Gasteiger partial charge in [0.05, 0.1) is 10.5 Å². The van der Waals surface area contributed by atoms with Crippen molar-refractivity contribution in [3.05, 3.63) is 47.8 Å².